The molecule has 0 spiro atoms. The van der Waals surface area contributed by atoms with Crippen LogP contribution in [0.3, 0.4) is 0 Å². The number of hydrogen-bond donors (Lipinski definition) is 1. The van der Waals surface area contributed by atoms with Gasteiger partial charge in [-0.2, -0.15) is 0 Å². The molecule has 156 valence electrons. The van der Waals surface area contributed by atoms with Gasteiger partial charge in [-0.15, -0.1) is 5.10 Å². The molecular weight excluding hydrogens is 410 g/mol. The number of ether oxygens (including phenoxy) is 4. The minimum absolute atomic E-state index is 0.0863. The highest BCUT2D eigenvalue weighted by molar-refractivity contribution is 8.15. The lowest BCUT2D eigenvalue weighted by atomic mass is 10.2. The predicted octanol–water partition coefficient (Wildman–Crippen LogP) is 2.21. The fourth-order valence-corrected chi connectivity index (χ4v) is 3.84. The van der Waals surface area contributed by atoms with Crippen LogP contribution in [0.25, 0.3) is 0 Å². The molecule has 2 aromatic carbocycles. The number of nitrogens with zero attached hydrogens (tertiary/aromatic N) is 2. The van der Waals surface area contributed by atoms with Crippen molar-refractivity contribution >= 4 is 28.7 Å². The van der Waals surface area contributed by atoms with E-state index < -0.39 is 5.91 Å². The summed E-state index contributed by atoms with van der Waals surface area (Å²) in [6.07, 6.45) is 0. The number of fused-ring (bicyclic) bond motifs is 1. The molecule has 1 saturated heterocycles. The second-order valence-corrected chi connectivity index (χ2v) is 7.30. The molecule has 2 aliphatic rings. The van der Waals surface area contributed by atoms with Gasteiger partial charge in [-0.25, -0.2) is 5.43 Å². The third kappa shape index (κ3) is 3.99. The molecule has 2 aliphatic heterocycles. The third-order valence-corrected chi connectivity index (χ3v) is 5.49. The van der Waals surface area contributed by atoms with Crippen LogP contribution in [-0.2, 0) is 11.3 Å². The largest absolute Gasteiger partial charge is 0.493 e. The Kier molecular flexibility index (Phi) is 5.66. The van der Waals surface area contributed by atoms with Crippen LogP contribution in [-0.4, -0.2) is 48.6 Å². The van der Waals surface area contributed by atoms with Gasteiger partial charge in [0, 0.05) is 5.56 Å². The molecule has 30 heavy (non-hydrogen) atoms. The van der Waals surface area contributed by atoms with Gasteiger partial charge in [-0.05, 0) is 35.9 Å². The Bertz CT molecular complexity index is 1030. The number of carbonyl (C=O) groups excluding carboxylic acids is 2. The summed E-state index contributed by atoms with van der Waals surface area (Å²) in [6.45, 7) is 0.500. The Morgan fingerprint density at radius 1 is 1.13 bits per heavy atom. The Morgan fingerprint density at radius 2 is 1.93 bits per heavy atom. The van der Waals surface area contributed by atoms with Gasteiger partial charge in [0.2, 0.25) is 12.7 Å². The molecule has 2 amide bonds. The Labute approximate surface area is 176 Å². The fraction of sp³-hybridized carbons (Fsp3) is 0.250. The molecule has 0 atom stereocenters. The summed E-state index contributed by atoms with van der Waals surface area (Å²) in [4.78, 5) is 26.3. The number of amidine groups is 1. The van der Waals surface area contributed by atoms with Crippen LogP contribution in [0.2, 0.25) is 0 Å². The lowest BCUT2D eigenvalue weighted by molar-refractivity contribution is -0.124. The molecule has 1 fully saturated rings. The molecule has 0 unspecified atom stereocenters. The second-order valence-electron chi connectivity index (χ2n) is 6.36. The Balaban J connectivity index is 1.47. The molecule has 0 aliphatic carbocycles. The Hall–Kier alpha value is -3.40. The van der Waals surface area contributed by atoms with E-state index in [2.05, 4.69) is 10.5 Å². The Morgan fingerprint density at radius 3 is 2.73 bits per heavy atom. The fourth-order valence-electron chi connectivity index (χ4n) is 3.00. The van der Waals surface area contributed by atoms with Crippen molar-refractivity contribution in [2.24, 2.45) is 5.10 Å². The summed E-state index contributed by atoms with van der Waals surface area (Å²) in [7, 11) is 3.02. The van der Waals surface area contributed by atoms with Gasteiger partial charge in [0.15, 0.2) is 28.2 Å². The van der Waals surface area contributed by atoms with Gasteiger partial charge >= 0.3 is 0 Å². The zero-order chi connectivity index (χ0) is 21.1. The van der Waals surface area contributed by atoms with Gasteiger partial charge in [0.05, 0.1) is 26.5 Å². The molecule has 0 bridgehead atoms. The highest BCUT2D eigenvalue weighted by atomic mass is 32.2. The molecule has 0 aromatic heterocycles. The number of methoxy groups -OCH3 is 2. The van der Waals surface area contributed by atoms with E-state index >= 15 is 0 Å². The topological polar surface area (TPSA) is 98.7 Å². The predicted molar refractivity (Wildman–Crippen MR) is 110 cm³/mol. The second kappa shape index (κ2) is 8.54. The molecule has 10 heteroatoms. The minimum atomic E-state index is -0.425. The number of amides is 2. The summed E-state index contributed by atoms with van der Waals surface area (Å²) in [5.41, 5.74) is 3.73. The van der Waals surface area contributed by atoms with E-state index in [0.717, 1.165) is 5.56 Å². The van der Waals surface area contributed by atoms with Crippen molar-refractivity contribution in [2.75, 3.05) is 26.8 Å². The minimum Gasteiger partial charge on any atom is -0.493 e. The lowest BCUT2D eigenvalue weighted by Crippen LogP contribution is -2.31. The van der Waals surface area contributed by atoms with Crippen LogP contribution in [0, 0.1) is 0 Å². The molecule has 0 radical (unpaired) electrons. The number of hydrazone groups is 1. The summed E-state index contributed by atoms with van der Waals surface area (Å²) >= 11 is 1.27. The van der Waals surface area contributed by atoms with Gasteiger partial charge in [-0.3, -0.25) is 14.5 Å². The molecule has 1 N–H and O–H groups in total. The summed E-state index contributed by atoms with van der Waals surface area (Å²) < 4.78 is 21.1. The maximum absolute atomic E-state index is 12.5. The van der Waals surface area contributed by atoms with Gasteiger partial charge in [0.1, 0.15) is 0 Å². The van der Waals surface area contributed by atoms with Crippen molar-refractivity contribution in [3.63, 3.8) is 0 Å². The lowest BCUT2D eigenvalue weighted by Gasteiger charge is -2.16. The molecule has 0 saturated carbocycles. The van der Waals surface area contributed by atoms with Crippen molar-refractivity contribution in [3.05, 3.63) is 47.5 Å². The first-order valence-electron chi connectivity index (χ1n) is 9.01. The van der Waals surface area contributed by atoms with Gasteiger partial charge in [0.25, 0.3) is 5.91 Å². The van der Waals surface area contributed by atoms with Crippen LogP contribution < -0.4 is 24.4 Å². The van der Waals surface area contributed by atoms with Crippen LogP contribution in [0.1, 0.15) is 15.9 Å². The quantitative estimate of drug-likeness (QED) is 0.703. The van der Waals surface area contributed by atoms with Crippen molar-refractivity contribution in [2.45, 2.75) is 6.54 Å². The first kappa shape index (κ1) is 19.9. The average molecular weight is 429 g/mol. The first-order chi connectivity index (χ1) is 14.6. The third-order valence-electron chi connectivity index (χ3n) is 4.53. The number of thioether (sulfide) groups is 1. The summed E-state index contributed by atoms with van der Waals surface area (Å²) in [5.74, 6) is 2.03. The van der Waals surface area contributed by atoms with E-state index in [1.807, 2.05) is 12.1 Å². The smallest absolute Gasteiger partial charge is 0.271 e. The maximum Gasteiger partial charge on any atom is 0.271 e. The summed E-state index contributed by atoms with van der Waals surface area (Å²) in [5, 5.41) is 4.58. The number of rotatable bonds is 6. The van der Waals surface area contributed by atoms with Crippen LogP contribution in [0.4, 0.5) is 0 Å². The van der Waals surface area contributed by atoms with E-state index in [1.165, 1.54) is 30.9 Å². The molecule has 9 nitrogen and oxygen atoms in total. The molecule has 2 heterocycles. The monoisotopic (exact) mass is 429 g/mol. The molecule has 4 rings (SSSR count). The number of nitrogens with one attached hydrogen (secondary N) is 1. The standard InChI is InChI=1S/C20H19N3O6S/c1-26-14-6-4-13(8-16(14)27-2)19(25)21-22-20-23(18(24)10-30-20)9-12-3-5-15-17(7-12)29-11-28-15/h3-8H,9-11H2,1-2H3,(H,21,25)/b22-20-. The first-order valence-corrected chi connectivity index (χ1v) is 9.99. The number of carbonyl (C=O) groups is 2. The van der Waals surface area contributed by atoms with E-state index in [4.69, 9.17) is 18.9 Å². The van der Waals surface area contributed by atoms with Crippen LogP contribution in [0.15, 0.2) is 41.5 Å². The van der Waals surface area contributed by atoms with E-state index in [9.17, 15) is 9.59 Å². The molecule has 2 aromatic rings. The normalized spacial score (nSPS) is 16.1. The SMILES string of the molecule is COc1ccc(C(=O)N/N=C2\SCC(=O)N2Cc2ccc3c(c2)OCO3)cc1OC. The average Bonchev–Trinajstić information content (AvgIpc) is 3.38. The maximum atomic E-state index is 12.5. The van der Waals surface area contributed by atoms with Crippen LogP contribution in [0.5, 0.6) is 23.0 Å². The van der Waals surface area contributed by atoms with Gasteiger partial charge in [-0.1, -0.05) is 17.8 Å². The van der Waals surface area contributed by atoms with E-state index in [0.29, 0.717) is 40.3 Å². The molecular formula is C20H19N3O6S. The summed E-state index contributed by atoms with van der Waals surface area (Å²) in [6, 6.07) is 10.3. The van der Waals surface area contributed by atoms with Crippen molar-refractivity contribution in [1.82, 2.24) is 10.3 Å². The zero-order valence-corrected chi connectivity index (χ0v) is 17.2. The van der Waals surface area contributed by atoms with Crippen molar-refractivity contribution in [3.8, 4) is 23.0 Å². The highest BCUT2D eigenvalue weighted by Gasteiger charge is 2.29. The van der Waals surface area contributed by atoms with E-state index in [-0.39, 0.29) is 18.5 Å². The zero-order valence-electron chi connectivity index (χ0n) is 16.3. The van der Waals surface area contributed by atoms with Crippen LogP contribution >= 0.6 is 11.8 Å². The van der Waals surface area contributed by atoms with Gasteiger partial charge < -0.3 is 18.9 Å². The number of benzene rings is 2. The van der Waals surface area contributed by atoms with Crippen molar-refractivity contribution < 1.29 is 28.5 Å². The number of hydrogen-bond acceptors (Lipinski definition) is 8. The highest BCUT2D eigenvalue weighted by Crippen LogP contribution is 2.33. The van der Waals surface area contributed by atoms with E-state index in [1.54, 1.807) is 24.3 Å². The van der Waals surface area contributed by atoms with Crippen molar-refractivity contribution in [1.29, 1.82) is 0 Å².